The Bertz CT molecular complexity index is 348. The molecule has 1 N–H and O–H groups in total. The third-order valence-electron chi connectivity index (χ3n) is 3.16. The first-order valence-corrected chi connectivity index (χ1v) is 7.48. The van der Waals surface area contributed by atoms with Crippen LogP contribution in [0, 0.1) is 0 Å². The summed E-state index contributed by atoms with van der Waals surface area (Å²) >= 11 is 1.37. The Morgan fingerprint density at radius 1 is 1.56 bits per heavy atom. The van der Waals surface area contributed by atoms with Gasteiger partial charge in [-0.3, -0.25) is 4.79 Å². The van der Waals surface area contributed by atoms with Gasteiger partial charge in [0.05, 0.1) is 0 Å². The Hall–Kier alpha value is -0.780. The van der Waals surface area contributed by atoms with Crippen LogP contribution in [0.3, 0.4) is 0 Å². The van der Waals surface area contributed by atoms with Crippen LogP contribution in [0.25, 0.3) is 0 Å². The van der Waals surface area contributed by atoms with Crippen LogP contribution in [0.15, 0.2) is 11.6 Å². The molecule has 1 atom stereocenters. The Kier molecular flexibility index (Phi) is 5.77. The molecule has 0 bridgehead atoms. The van der Waals surface area contributed by atoms with E-state index in [9.17, 15) is 4.79 Å². The molecule has 2 rings (SSSR count). The molecule has 1 aliphatic rings. The fourth-order valence-corrected chi connectivity index (χ4v) is 2.75. The van der Waals surface area contributed by atoms with Gasteiger partial charge in [-0.15, -0.1) is 11.3 Å². The summed E-state index contributed by atoms with van der Waals surface area (Å²) in [5, 5.41) is 5.86. The zero-order chi connectivity index (χ0) is 12.6. The molecule has 0 aliphatic carbocycles. The average molecular weight is 268 g/mol. The van der Waals surface area contributed by atoms with Crippen LogP contribution in [0.4, 0.5) is 0 Å². The van der Waals surface area contributed by atoms with Crippen LogP contribution >= 0.6 is 11.3 Å². The highest BCUT2D eigenvalue weighted by molar-refractivity contribution is 7.11. The van der Waals surface area contributed by atoms with Gasteiger partial charge in [0, 0.05) is 24.2 Å². The molecule has 0 spiro atoms. The molecule has 1 aliphatic heterocycles. The number of hydrogen-bond acceptors (Lipinski definition) is 5. The first-order chi connectivity index (χ1) is 8.86. The van der Waals surface area contributed by atoms with E-state index in [1.54, 1.807) is 6.20 Å². The molecule has 0 amide bonds. The summed E-state index contributed by atoms with van der Waals surface area (Å²) in [6.07, 6.45) is 7.72. The highest BCUT2D eigenvalue weighted by atomic mass is 32.1. The summed E-state index contributed by atoms with van der Waals surface area (Å²) < 4.78 is 5.40. The number of ketones is 1. The van der Waals surface area contributed by atoms with Gasteiger partial charge >= 0.3 is 0 Å². The van der Waals surface area contributed by atoms with Crippen molar-refractivity contribution < 1.29 is 9.53 Å². The number of thiazole rings is 1. The van der Waals surface area contributed by atoms with Gasteiger partial charge < -0.3 is 10.1 Å². The normalized spacial score (nSPS) is 19.9. The Morgan fingerprint density at radius 2 is 2.50 bits per heavy atom. The summed E-state index contributed by atoms with van der Waals surface area (Å²) in [4.78, 5) is 15.5. The molecule has 1 aromatic heterocycles. The van der Waals surface area contributed by atoms with Crippen molar-refractivity contribution in [3.8, 4) is 0 Å². The molecule has 4 nitrogen and oxygen atoms in total. The minimum absolute atomic E-state index is 0.0132. The Balaban J connectivity index is 1.52. The SMILES string of the molecule is O=C(COCCC[C@@H]1CCCCN1)c1nccs1. The van der Waals surface area contributed by atoms with E-state index in [1.165, 1.54) is 30.6 Å². The van der Waals surface area contributed by atoms with E-state index in [1.807, 2.05) is 5.38 Å². The second-order valence-electron chi connectivity index (χ2n) is 4.60. The molecule has 0 radical (unpaired) electrons. The monoisotopic (exact) mass is 268 g/mol. The smallest absolute Gasteiger partial charge is 0.216 e. The summed E-state index contributed by atoms with van der Waals surface area (Å²) in [5.74, 6) is -0.0132. The standard InChI is InChI=1S/C13H20N2O2S/c16-12(13-15-7-9-18-13)10-17-8-3-5-11-4-1-2-6-14-11/h7,9,11,14H,1-6,8,10H2/t11-/m0/s1. The van der Waals surface area contributed by atoms with E-state index in [0.29, 0.717) is 17.7 Å². The number of carbonyl (C=O) groups excluding carboxylic acids is 1. The average Bonchev–Trinajstić information content (AvgIpc) is 2.93. The fourth-order valence-electron chi connectivity index (χ4n) is 2.19. The minimum atomic E-state index is -0.0132. The Morgan fingerprint density at radius 3 is 3.22 bits per heavy atom. The van der Waals surface area contributed by atoms with E-state index in [-0.39, 0.29) is 12.4 Å². The maximum Gasteiger partial charge on any atom is 0.216 e. The number of piperidine rings is 1. The van der Waals surface area contributed by atoms with Crippen molar-refractivity contribution in [3.05, 3.63) is 16.6 Å². The topological polar surface area (TPSA) is 51.2 Å². The lowest BCUT2D eigenvalue weighted by molar-refractivity contribution is 0.0748. The summed E-state index contributed by atoms with van der Waals surface area (Å²) in [6.45, 7) is 1.97. The van der Waals surface area contributed by atoms with Crippen molar-refractivity contribution in [1.82, 2.24) is 10.3 Å². The number of nitrogens with zero attached hydrogens (tertiary/aromatic N) is 1. The van der Waals surface area contributed by atoms with Crippen LogP contribution < -0.4 is 5.32 Å². The number of aromatic nitrogens is 1. The molecule has 0 aromatic carbocycles. The van der Waals surface area contributed by atoms with Crippen molar-refractivity contribution >= 4 is 17.1 Å². The maximum atomic E-state index is 11.6. The van der Waals surface area contributed by atoms with Crippen molar-refractivity contribution in [2.75, 3.05) is 19.8 Å². The molecule has 0 saturated carbocycles. The van der Waals surface area contributed by atoms with E-state index in [4.69, 9.17) is 4.74 Å². The molecule has 1 saturated heterocycles. The van der Waals surface area contributed by atoms with Crippen molar-refractivity contribution in [2.45, 2.75) is 38.1 Å². The number of nitrogens with one attached hydrogen (secondary N) is 1. The second-order valence-corrected chi connectivity index (χ2v) is 5.50. The van der Waals surface area contributed by atoms with E-state index in [0.717, 1.165) is 19.4 Å². The summed E-state index contributed by atoms with van der Waals surface area (Å²) in [7, 11) is 0. The van der Waals surface area contributed by atoms with Gasteiger partial charge in [0.1, 0.15) is 6.61 Å². The minimum Gasteiger partial charge on any atom is -0.373 e. The number of Topliss-reactive ketones (excluding diaryl/α,β-unsaturated/α-hetero) is 1. The number of ether oxygens (including phenoxy) is 1. The van der Waals surface area contributed by atoms with Crippen LogP contribution in [0.5, 0.6) is 0 Å². The van der Waals surface area contributed by atoms with Gasteiger partial charge in [0.2, 0.25) is 5.78 Å². The molecule has 100 valence electrons. The van der Waals surface area contributed by atoms with Crippen LogP contribution in [0.1, 0.15) is 41.9 Å². The van der Waals surface area contributed by atoms with Gasteiger partial charge in [0.25, 0.3) is 0 Å². The highest BCUT2D eigenvalue weighted by Crippen LogP contribution is 2.11. The van der Waals surface area contributed by atoms with E-state index in [2.05, 4.69) is 10.3 Å². The molecular weight excluding hydrogens is 248 g/mol. The first kappa shape index (κ1) is 13.6. The lowest BCUT2D eigenvalue weighted by atomic mass is 10.0. The van der Waals surface area contributed by atoms with Gasteiger partial charge in [-0.2, -0.15) is 0 Å². The first-order valence-electron chi connectivity index (χ1n) is 6.60. The molecular formula is C13H20N2O2S. The molecule has 18 heavy (non-hydrogen) atoms. The third kappa shape index (κ3) is 4.48. The van der Waals surface area contributed by atoms with Crippen LogP contribution in [-0.2, 0) is 4.74 Å². The van der Waals surface area contributed by atoms with Gasteiger partial charge in [-0.05, 0) is 32.2 Å². The Labute approximate surface area is 112 Å². The maximum absolute atomic E-state index is 11.6. The van der Waals surface area contributed by atoms with Crippen LogP contribution in [-0.4, -0.2) is 36.6 Å². The predicted molar refractivity (Wildman–Crippen MR) is 72.1 cm³/mol. The van der Waals surface area contributed by atoms with Crippen molar-refractivity contribution in [1.29, 1.82) is 0 Å². The van der Waals surface area contributed by atoms with Gasteiger partial charge in [-0.25, -0.2) is 4.98 Å². The third-order valence-corrected chi connectivity index (χ3v) is 3.97. The lowest BCUT2D eigenvalue weighted by Crippen LogP contribution is -2.34. The quantitative estimate of drug-likeness (QED) is 0.609. The summed E-state index contributed by atoms with van der Waals surface area (Å²) in [5.41, 5.74) is 0. The zero-order valence-electron chi connectivity index (χ0n) is 10.6. The van der Waals surface area contributed by atoms with Gasteiger partial charge in [0.15, 0.2) is 5.01 Å². The van der Waals surface area contributed by atoms with Gasteiger partial charge in [-0.1, -0.05) is 6.42 Å². The number of carbonyl (C=O) groups is 1. The molecule has 2 heterocycles. The van der Waals surface area contributed by atoms with Crippen LogP contribution in [0.2, 0.25) is 0 Å². The van der Waals surface area contributed by atoms with Crippen molar-refractivity contribution in [2.24, 2.45) is 0 Å². The van der Waals surface area contributed by atoms with E-state index >= 15 is 0 Å². The number of rotatable bonds is 7. The molecule has 5 heteroatoms. The highest BCUT2D eigenvalue weighted by Gasteiger charge is 2.12. The predicted octanol–water partition coefficient (Wildman–Crippen LogP) is 2.26. The van der Waals surface area contributed by atoms with E-state index < -0.39 is 0 Å². The largest absolute Gasteiger partial charge is 0.373 e. The molecule has 0 unspecified atom stereocenters. The lowest BCUT2D eigenvalue weighted by Gasteiger charge is -2.23. The molecule has 1 fully saturated rings. The zero-order valence-corrected chi connectivity index (χ0v) is 11.4. The fraction of sp³-hybridized carbons (Fsp3) is 0.692. The number of hydrogen-bond donors (Lipinski definition) is 1. The second kappa shape index (κ2) is 7.61. The molecule has 1 aromatic rings. The summed E-state index contributed by atoms with van der Waals surface area (Å²) in [6, 6.07) is 0.650. The van der Waals surface area contributed by atoms with Crippen molar-refractivity contribution in [3.63, 3.8) is 0 Å².